The summed E-state index contributed by atoms with van der Waals surface area (Å²) in [5, 5.41) is 2.16. The molecular formula is C11H19N3S. The van der Waals surface area contributed by atoms with Crippen LogP contribution >= 0.6 is 11.3 Å². The van der Waals surface area contributed by atoms with Gasteiger partial charge in [0, 0.05) is 11.4 Å². The number of likely N-dealkylation sites (tertiary alicyclic amines) is 1. The highest BCUT2D eigenvalue weighted by Gasteiger charge is 2.36. The van der Waals surface area contributed by atoms with Gasteiger partial charge in [0.25, 0.3) is 0 Å². The third-order valence-corrected chi connectivity index (χ3v) is 3.89. The van der Waals surface area contributed by atoms with E-state index in [1.807, 2.05) is 5.51 Å². The highest BCUT2D eigenvalue weighted by atomic mass is 32.1. The molecule has 15 heavy (non-hydrogen) atoms. The lowest BCUT2D eigenvalue weighted by Gasteiger charge is -2.29. The third kappa shape index (κ3) is 2.07. The van der Waals surface area contributed by atoms with Gasteiger partial charge < -0.3 is 5.73 Å². The average molecular weight is 225 g/mol. The highest BCUT2D eigenvalue weighted by molar-refractivity contribution is 7.07. The van der Waals surface area contributed by atoms with E-state index in [1.165, 1.54) is 12.1 Å². The molecule has 1 aromatic rings. The number of thiazole rings is 1. The predicted molar refractivity (Wildman–Crippen MR) is 63.9 cm³/mol. The van der Waals surface area contributed by atoms with Crippen LogP contribution < -0.4 is 5.73 Å². The van der Waals surface area contributed by atoms with Crippen LogP contribution in [-0.4, -0.2) is 29.0 Å². The van der Waals surface area contributed by atoms with Crippen molar-refractivity contribution in [2.45, 2.75) is 32.4 Å². The zero-order valence-electron chi connectivity index (χ0n) is 9.39. The summed E-state index contributed by atoms with van der Waals surface area (Å²) >= 11 is 1.67. The van der Waals surface area contributed by atoms with Crippen LogP contribution in [0.25, 0.3) is 0 Å². The minimum Gasteiger partial charge on any atom is -0.330 e. The Labute approximate surface area is 95.3 Å². The largest absolute Gasteiger partial charge is 0.330 e. The Morgan fingerprint density at radius 1 is 1.67 bits per heavy atom. The predicted octanol–water partition coefficient (Wildman–Crippen LogP) is 1.87. The maximum Gasteiger partial charge on any atom is 0.0795 e. The van der Waals surface area contributed by atoms with E-state index in [0.717, 1.165) is 13.1 Å². The Morgan fingerprint density at radius 3 is 3.00 bits per heavy atom. The molecule has 2 heterocycles. The second kappa shape index (κ2) is 4.60. The quantitative estimate of drug-likeness (QED) is 0.854. The molecule has 84 valence electrons. The van der Waals surface area contributed by atoms with Gasteiger partial charge in [0.2, 0.25) is 0 Å². The van der Waals surface area contributed by atoms with Crippen molar-refractivity contribution in [3.8, 4) is 0 Å². The van der Waals surface area contributed by atoms with Crippen LogP contribution in [-0.2, 0) is 0 Å². The van der Waals surface area contributed by atoms with Crippen LogP contribution in [0.3, 0.4) is 0 Å². The first kappa shape index (κ1) is 11.0. The molecule has 2 rings (SSSR count). The Kier molecular flexibility index (Phi) is 3.38. The average Bonchev–Trinajstić information content (AvgIpc) is 2.85. The number of nitrogens with two attached hydrogens (primary N) is 1. The van der Waals surface area contributed by atoms with Crippen molar-refractivity contribution in [1.82, 2.24) is 9.88 Å². The number of aromatic nitrogens is 1. The Morgan fingerprint density at radius 2 is 2.47 bits per heavy atom. The maximum absolute atomic E-state index is 5.84. The molecule has 1 aliphatic heterocycles. The molecule has 3 nitrogen and oxygen atoms in total. The summed E-state index contributed by atoms with van der Waals surface area (Å²) in [5.41, 5.74) is 8.97. The van der Waals surface area contributed by atoms with Crippen LogP contribution in [0.5, 0.6) is 0 Å². The number of hydrogen-bond donors (Lipinski definition) is 1. The molecule has 0 radical (unpaired) electrons. The first-order valence-corrected chi connectivity index (χ1v) is 6.52. The van der Waals surface area contributed by atoms with Crippen molar-refractivity contribution in [1.29, 1.82) is 0 Å². The van der Waals surface area contributed by atoms with E-state index in [0.29, 0.717) is 18.0 Å². The second-order valence-electron chi connectivity index (χ2n) is 4.47. The summed E-state index contributed by atoms with van der Waals surface area (Å²) in [5.74, 6) is 0.578. The summed E-state index contributed by atoms with van der Waals surface area (Å²) in [6.45, 7) is 6.42. The topological polar surface area (TPSA) is 42.1 Å². The third-order valence-electron chi connectivity index (χ3n) is 3.28. The molecular weight excluding hydrogens is 206 g/mol. The van der Waals surface area contributed by atoms with E-state index < -0.39 is 0 Å². The van der Waals surface area contributed by atoms with E-state index in [9.17, 15) is 0 Å². The Bertz CT molecular complexity index is 297. The van der Waals surface area contributed by atoms with Gasteiger partial charge in [-0.25, -0.2) is 4.98 Å². The number of hydrogen-bond acceptors (Lipinski definition) is 4. The molecule has 0 aliphatic carbocycles. The van der Waals surface area contributed by atoms with Crippen LogP contribution in [0.4, 0.5) is 0 Å². The molecule has 1 aromatic heterocycles. The molecule has 1 saturated heterocycles. The lowest BCUT2D eigenvalue weighted by molar-refractivity contribution is 0.181. The highest BCUT2D eigenvalue weighted by Crippen LogP contribution is 2.37. The molecule has 4 heteroatoms. The van der Waals surface area contributed by atoms with Crippen molar-refractivity contribution < 1.29 is 0 Å². The molecule has 2 N–H and O–H groups in total. The first-order chi connectivity index (χ1) is 7.24. The summed E-state index contributed by atoms with van der Waals surface area (Å²) < 4.78 is 0. The molecule has 1 aliphatic rings. The minimum absolute atomic E-state index is 0.446. The van der Waals surface area contributed by atoms with Gasteiger partial charge in [-0.15, -0.1) is 11.3 Å². The first-order valence-electron chi connectivity index (χ1n) is 5.58. The van der Waals surface area contributed by atoms with Crippen molar-refractivity contribution in [3.63, 3.8) is 0 Å². The lowest BCUT2D eigenvalue weighted by atomic mass is 9.98. The smallest absolute Gasteiger partial charge is 0.0795 e. The van der Waals surface area contributed by atoms with E-state index >= 15 is 0 Å². The summed E-state index contributed by atoms with van der Waals surface area (Å²) in [4.78, 5) is 6.97. The van der Waals surface area contributed by atoms with Crippen LogP contribution in [0.2, 0.25) is 0 Å². The fraction of sp³-hybridized carbons (Fsp3) is 0.727. The van der Waals surface area contributed by atoms with Gasteiger partial charge in [-0.1, -0.05) is 0 Å². The van der Waals surface area contributed by atoms with Gasteiger partial charge in [0.15, 0.2) is 0 Å². The van der Waals surface area contributed by atoms with E-state index in [-0.39, 0.29) is 0 Å². The standard InChI is InChI=1S/C11H19N3S/c1-8(2)14-4-3-9(5-12)11(14)10-6-15-7-13-10/h6-9,11H,3-5,12H2,1-2H3. The van der Waals surface area contributed by atoms with E-state index in [1.54, 1.807) is 11.3 Å². The molecule has 0 saturated carbocycles. The Hall–Kier alpha value is -0.450. The molecule has 1 fully saturated rings. The maximum atomic E-state index is 5.84. The van der Waals surface area contributed by atoms with Gasteiger partial charge in [0.05, 0.1) is 17.2 Å². The lowest BCUT2D eigenvalue weighted by Crippen LogP contribution is -2.33. The zero-order chi connectivity index (χ0) is 10.8. The molecule has 0 bridgehead atoms. The summed E-state index contributed by atoms with van der Waals surface area (Å²) in [6, 6.07) is 1.02. The second-order valence-corrected chi connectivity index (χ2v) is 5.19. The number of rotatable bonds is 3. The van der Waals surface area contributed by atoms with Gasteiger partial charge in [-0.3, -0.25) is 4.90 Å². The van der Waals surface area contributed by atoms with Crippen molar-refractivity contribution in [2.24, 2.45) is 11.7 Å². The van der Waals surface area contributed by atoms with Crippen LogP contribution in [0, 0.1) is 5.92 Å². The fourth-order valence-corrected chi connectivity index (χ4v) is 3.07. The fourth-order valence-electron chi connectivity index (χ4n) is 2.49. The van der Waals surface area contributed by atoms with Gasteiger partial charge in [0.1, 0.15) is 0 Å². The van der Waals surface area contributed by atoms with E-state index in [4.69, 9.17) is 5.73 Å². The zero-order valence-corrected chi connectivity index (χ0v) is 10.2. The minimum atomic E-state index is 0.446. The number of nitrogens with zero attached hydrogens (tertiary/aromatic N) is 2. The van der Waals surface area contributed by atoms with E-state index in [2.05, 4.69) is 29.1 Å². The van der Waals surface area contributed by atoms with Gasteiger partial charge >= 0.3 is 0 Å². The molecule has 0 spiro atoms. The molecule has 2 atom stereocenters. The van der Waals surface area contributed by atoms with Crippen molar-refractivity contribution in [3.05, 3.63) is 16.6 Å². The van der Waals surface area contributed by atoms with Crippen LogP contribution in [0.15, 0.2) is 10.9 Å². The monoisotopic (exact) mass is 225 g/mol. The Balaban J connectivity index is 2.22. The molecule has 0 aromatic carbocycles. The SMILES string of the molecule is CC(C)N1CCC(CN)C1c1cscn1. The van der Waals surface area contributed by atoms with Crippen molar-refractivity contribution in [2.75, 3.05) is 13.1 Å². The van der Waals surface area contributed by atoms with Crippen molar-refractivity contribution >= 4 is 11.3 Å². The molecule has 2 unspecified atom stereocenters. The normalized spacial score (nSPS) is 27.7. The van der Waals surface area contributed by atoms with Gasteiger partial charge in [-0.2, -0.15) is 0 Å². The summed E-state index contributed by atoms with van der Waals surface area (Å²) in [7, 11) is 0. The van der Waals surface area contributed by atoms with Crippen LogP contribution in [0.1, 0.15) is 32.0 Å². The van der Waals surface area contributed by atoms with Gasteiger partial charge in [-0.05, 0) is 39.3 Å². The summed E-state index contributed by atoms with van der Waals surface area (Å²) in [6.07, 6.45) is 1.21. The molecule has 0 amide bonds.